The van der Waals surface area contributed by atoms with Crippen molar-refractivity contribution in [2.75, 3.05) is 6.54 Å². The molecule has 2 aromatic carbocycles. The molecular formula is C23H26F2N2O. The van der Waals surface area contributed by atoms with E-state index in [0.29, 0.717) is 18.7 Å². The predicted octanol–water partition coefficient (Wildman–Crippen LogP) is 5.41. The Hall–Kier alpha value is -2.56. The third-order valence-corrected chi connectivity index (χ3v) is 5.23. The molecule has 2 aromatic rings. The predicted molar refractivity (Wildman–Crippen MR) is 107 cm³/mol. The number of carbonyl (C=O) groups is 1. The van der Waals surface area contributed by atoms with Crippen molar-refractivity contribution in [3.05, 3.63) is 71.3 Å². The molecule has 0 radical (unpaired) electrons. The monoisotopic (exact) mass is 384 g/mol. The lowest BCUT2D eigenvalue weighted by Crippen LogP contribution is -2.26. The van der Waals surface area contributed by atoms with Crippen LogP contribution < -0.4 is 0 Å². The van der Waals surface area contributed by atoms with Gasteiger partial charge in [0.2, 0.25) is 0 Å². The highest BCUT2D eigenvalue weighted by Gasteiger charge is 2.34. The van der Waals surface area contributed by atoms with Crippen LogP contribution in [-0.4, -0.2) is 23.0 Å². The van der Waals surface area contributed by atoms with Crippen molar-refractivity contribution in [3.63, 3.8) is 0 Å². The number of benzene rings is 2. The number of Topliss-reactive ketones (excluding diaryl/α,β-unsaturated/α-hetero) is 1. The number of nitrogens with zero attached hydrogens (tertiary/aromatic N) is 2. The minimum Gasteiger partial charge on any atom is -0.293 e. The summed E-state index contributed by atoms with van der Waals surface area (Å²) in [7, 11) is 0. The van der Waals surface area contributed by atoms with Gasteiger partial charge in [-0.25, -0.2) is 8.78 Å². The number of hydrogen-bond acceptors (Lipinski definition) is 3. The Kier molecular flexibility index (Phi) is 5.92. The first-order valence-electron chi connectivity index (χ1n) is 9.69. The van der Waals surface area contributed by atoms with Crippen molar-refractivity contribution in [2.24, 2.45) is 5.10 Å². The molecule has 1 heterocycles. The van der Waals surface area contributed by atoms with Crippen LogP contribution in [-0.2, 0) is 10.2 Å². The highest BCUT2D eigenvalue weighted by atomic mass is 19.1. The van der Waals surface area contributed by atoms with Crippen molar-refractivity contribution in [3.8, 4) is 0 Å². The molecule has 28 heavy (non-hydrogen) atoms. The van der Waals surface area contributed by atoms with E-state index in [1.165, 1.54) is 24.3 Å². The van der Waals surface area contributed by atoms with E-state index in [9.17, 15) is 13.6 Å². The SMILES string of the molecule is CCCN1N=C(C(=O)CC(C)(C)c2ccc(F)cc2)CC1c1cccc(F)c1. The first-order chi connectivity index (χ1) is 13.3. The molecule has 1 aliphatic heterocycles. The van der Waals surface area contributed by atoms with E-state index in [2.05, 4.69) is 12.0 Å². The van der Waals surface area contributed by atoms with Crippen LogP contribution in [0, 0.1) is 11.6 Å². The standard InChI is InChI=1S/C23H26F2N2O/c1-4-12-27-21(16-6-5-7-19(25)13-16)14-20(26-27)22(28)15-23(2,3)17-8-10-18(24)11-9-17/h5-11,13,21H,4,12,14-15H2,1-3H3. The van der Waals surface area contributed by atoms with E-state index in [1.807, 2.05) is 24.9 Å². The summed E-state index contributed by atoms with van der Waals surface area (Å²) >= 11 is 0. The molecule has 0 fully saturated rings. The zero-order chi connectivity index (χ0) is 20.3. The van der Waals surface area contributed by atoms with Crippen LogP contribution in [0.5, 0.6) is 0 Å². The van der Waals surface area contributed by atoms with Gasteiger partial charge in [-0.1, -0.05) is 45.0 Å². The van der Waals surface area contributed by atoms with Crippen molar-refractivity contribution in [1.82, 2.24) is 5.01 Å². The molecule has 0 saturated heterocycles. The second-order valence-electron chi connectivity index (χ2n) is 7.98. The maximum absolute atomic E-state index is 13.7. The molecule has 0 bridgehead atoms. The summed E-state index contributed by atoms with van der Waals surface area (Å²) < 4.78 is 26.9. The molecule has 3 nitrogen and oxygen atoms in total. The van der Waals surface area contributed by atoms with Crippen LogP contribution in [0.15, 0.2) is 53.6 Å². The lowest BCUT2D eigenvalue weighted by atomic mass is 9.79. The Bertz CT molecular complexity index is 874. The van der Waals surface area contributed by atoms with Crippen molar-refractivity contribution < 1.29 is 13.6 Å². The summed E-state index contributed by atoms with van der Waals surface area (Å²) in [6, 6.07) is 12.6. The zero-order valence-corrected chi connectivity index (χ0v) is 16.6. The summed E-state index contributed by atoms with van der Waals surface area (Å²) in [6.45, 7) is 6.71. The van der Waals surface area contributed by atoms with E-state index in [4.69, 9.17) is 0 Å². The van der Waals surface area contributed by atoms with E-state index >= 15 is 0 Å². The maximum atomic E-state index is 13.7. The third-order valence-electron chi connectivity index (χ3n) is 5.23. The van der Waals surface area contributed by atoms with Gasteiger partial charge in [-0.2, -0.15) is 5.10 Å². The molecule has 0 spiro atoms. The number of ketones is 1. The molecule has 148 valence electrons. The van der Waals surface area contributed by atoms with Crippen molar-refractivity contribution in [2.45, 2.75) is 51.5 Å². The van der Waals surface area contributed by atoms with Gasteiger partial charge in [0.05, 0.1) is 6.04 Å². The topological polar surface area (TPSA) is 32.7 Å². The quantitative estimate of drug-likeness (QED) is 0.639. The van der Waals surface area contributed by atoms with Crippen LogP contribution in [0.25, 0.3) is 0 Å². The Morgan fingerprint density at radius 1 is 1.14 bits per heavy atom. The number of halogens is 2. The molecule has 0 N–H and O–H groups in total. The van der Waals surface area contributed by atoms with Crippen LogP contribution in [0.2, 0.25) is 0 Å². The molecule has 1 atom stereocenters. The summed E-state index contributed by atoms with van der Waals surface area (Å²) in [4.78, 5) is 13.0. The Balaban J connectivity index is 1.77. The fourth-order valence-corrected chi connectivity index (χ4v) is 3.67. The Morgan fingerprint density at radius 2 is 1.86 bits per heavy atom. The van der Waals surface area contributed by atoms with Crippen molar-refractivity contribution >= 4 is 11.5 Å². The summed E-state index contributed by atoms with van der Waals surface area (Å²) in [5.74, 6) is -0.598. The smallest absolute Gasteiger partial charge is 0.179 e. The fourth-order valence-electron chi connectivity index (χ4n) is 3.67. The van der Waals surface area contributed by atoms with Gasteiger partial charge in [-0.15, -0.1) is 0 Å². The van der Waals surface area contributed by atoms with Crippen LogP contribution >= 0.6 is 0 Å². The average molecular weight is 384 g/mol. The first kappa shape index (κ1) is 20.2. The van der Waals surface area contributed by atoms with E-state index in [1.54, 1.807) is 18.2 Å². The second kappa shape index (κ2) is 8.21. The van der Waals surface area contributed by atoms with Gasteiger partial charge < -0.3 is 0 Å². The van der Waals surface area contributed by atoms with Gasteiger partial charge in [0.25, 0.3) is 0 Å². The number of hydrogen-bond donors (Lipinski definition) is 0. The maximum Gasteiger partial charge on any atom is 0.179 e. The second-order valence-corrected chi connectivity index (χ2v) is 7.98. The van der Waals surface area contributed by atoms with Crippen molar-refractivity contribution in [1.29, 1.82) is 0 Å². The molecule has 1 aliphatic rings. The Morgan fingerprint density at radius 3 is 2.50 bits per heavy atom. The summed E-state index contributed by atoms with van der Waals surface area (Å²) in [5.41, 5.74) is 1.84. The van der Waals surface area contributed by atoms with Gasteiger partial charge in [0.15, 0.2) is 5.78 Å². The lowest BCUT2D eigenvalue weighted by Gasteiger charge is -2.24. The van der Waals surface area contributed by atoms with Gasteiger partial charge >= 0.3 is 0 Å². The highest BCUT2D eigenvalue weighted by molar-refractivity contribution is 6.40. The highest BCUT2D eigenvalue weighted by Crippen LogP contribution is 2.34. The minimum absolute atomic E-state index is 0.0191. The first-order valence-corrected chi connectivity index (χ1v) is 9.69. The van der Waals surface area contributed by atoms with Gasteiger partial charge in [-0.3, -0.25) is 9.80 Å². The molecule has 5 heteroatoms. The number of carbonyl (C=O) groups excluding carboxylic acids is 1. The lowest BCUT2D eigenvalue weighted by molar-refractivity contribution is -0.114. The van der Waals surface area contributed by atoms with Gasteiger partial charge in [0, 0.05) is 19.4 Å². The molecule has 0 amide bonds. The van der Waals surface area contributed by atoms with E-state index < -0.39 is 5.41 Å². The fraction of sp³-hybridized carbons (Fsp3) is 0.391. The average Bonchev–Trinajstić information content (AvgIpc) is 3.06. The molecule has 0 saturated carbocycles. The van der Waals surface area contributed by atoms with Gasteiger partial charge in [0.1, 0.15) is 17.3 Å². The molecule has 0 aliphatic carbocycles. The molecular weight excluding hydrogens is 358 g/mol. The third kappa shape index (κ3) is 4.46. The normalized spacial score (nSPS) is 17.0. The summed E-state index contributed by atoms with van der Waals surface area (Å²) in [6.07, 6.45) is 1.65. The molecule has 0 aromatic heterocycles. The zero-order valence-electron chi connectivity index (χ0n) is 16.6. The molecule has 3 rings (SSSR count). The number of rotatable bonds is 7. The Labute approximate surface area is 165 Å². The number of hydrazone groups is 1. The van der Waals surface area contributed by atoms with E-state index in [-0.39, 0.29) is 29.9 Å². The minimum atomic E-state index is -0.431. The molecule has 1 unspecified atom stereocenters. The van der Waals surface area contributed by atoms with Crippen LogP contribution in [0.1, 0.15) is 57.2 Å². The van der Waals surface area contributed by atoms with Gasteiger partial charge in [-0.05, 0) is 47.2 Å². The summed E-state index contributed by atoms with van der Waals surface area (Å²) in [5, 5.41) is 6.47. The van der Waals surface area contributed by atoms with E-state index in [0.717, 1.165) is 17.5 Å². The van der Waals surface area contributed by atoms with Crippen LogP contribution in [0.3, 0.4) is 0 Å². The largest absolute Gasteiger partial charge is 0.293 e. The van der Waals surface area contributed by atoms with Crippen LogP contribution in [0.4, 0.5) is 8.78 Å².